The summed E-state index contributed by atoms with van der Waals surface area (Å²) in [4.78, 5) is 37.9. The van der Waals surface area contributed by atoms with Crippen molar-refractivity contribution in [3.8, 4) is 11.1 Å². The zero-order valence-electron chi connectivity index (χ0n) is 20.7. The molecule has 9 nitrogen and oxygen atoms in total. The standard InChI is InChI=1S/C27H29N7O2/c1-15(2)34-25-21(13-30-24(31-25)23(28)35)22(32-34)27(10-11-27)19-8-6-18(7-9-19)20-12-29-14-33(26(20)36)16(3)17-4-5-17/h6-9,12-17H,4-5,10-11H2,1-3H3,(H2,28,35). The van der Waals surface area contributed by atoms with Crippen LogP contribution in [0.1, 0.15) is 80.4 Å². The minimum atomic E-state index is -0.660. The maximum Gasteiger partial charge on any atom is 0.286 e. The lowest BCUT2D eigenvalue weighted by Gasteiger charge is -2.16. The van der Waals surface area contributed by atoms with Crippen molar-refractivity contribution in [3.63, 3.8) is 0 Å². The van der Waals surface area contributed by atoms with Gasteiger partial charge in [-0.3, -0.25) is 14.2 Å². The second-order valence-electron chi connectivity index (χ2n) is 10.4. The van der Waals surface area contributed by atoms with Gasteiger partial charge in [0.15, 0.2) is 5.65 Å². The van der Waals surface area contributed by atoms with Crippen molar-refractivity contribution < 1.29 is 4.79 Å². The number of benzene rings is 1. The SMILES string of the molecule is CC(C1CC1)n1cncc(-c2ccc(C3(c4nn(C(C)C)c5nc(C(N)=O)ncc45)CC3)cc2)c1=O. The van der Waals surface area contributed by atoms with E-state index in [2.05, 4.69) is 34.0 Å². The zero-order chi connectivity index (χ0) is 25.2. The predicted octanol–water partition coefficient (Wildman–Crippen LogP) is 3.78. The third-order valence-electron chi connectivity index (χ3n) is 7.71. The Morgan fingerprint density at radius 1 is 1.11 bits per heavy atom. The van der Waals surface area contributed by atoms with E-state index < -0.39 is 5.91 Å². The molecule has 6 rings (SSSR count). The maximum absolute atomic E-state index is 13.2. The number of hydrogen-bond donors (Lipinski definition) is 1. The Kier molecular flexibility index (Phi) is 5.07. The lowest BCUT2D eigenvalue weighted by Crippen LogP contribution is -2.25. The van der Waals surface area contributed by atoms with Crippen LogP contribution in [0.4, 0.5) is 0 Å². The van der Waals surface area contributed by atoms with Gasteiger partial charge in [0.2, 0.25) is 5.82 Å². The molecule has 0 radical (unpaired) electrons. The van der Waals surface area contributed by atoms with Gasteiger partial charge in [0, 0.05) is 29.9 Å². The minimum absolute atomic E-state index is 0.00218. The summed E-state index contributed by atoms with van der Waals surface area (Å²) in [6.45, 7) is 6.16. The van der Waals surface area contributed by atoms with E-state index in [0.717, 1.165) is 35.0 Å². The van der Waals surface area contributed by atoms with Gasteiger partial charge in [-0.25, -0.2) is 19.6 Å². The second kappa shape index (κ2) is 8.08. The summed E-state index contributed by atoms with van der Waals surface area (Å²) >= 11 is 0. The van der Waals surface area contributed by atoms with Crippen molar-refractivity contribution in [3.05, 3.63) is 70.4 Å². The summed E-state index contributed by atoms with van der Waals surface area (Å²) in [6.07, 6.45) is 9.22. The predicted molar refractivity (Wildman–Crippen MR) is 136 cm³/mol. The van der Waals surface area contributed by atoms with Crippen LogP contribution in [0.2, 0.25) is 0 Å². The van der Waals surface area contributed by atoms with E-state index in [9.17, 15) is 9.59 Å². The molecule has 2 N–H and O–H groups in total. The van der Waals surface area contributed by atoms with Crippen LogP contribution in [0.25, 0.3) is 22.2 Å². The summed E-state index contributed by atoms with van der Waals surface area (Å²) in [7, 11) is 0. The largest absolute Gasteiger partial charge is 0.363 e. The molecular formula is C27H29N7O2. The van der Waals surface area contributed by atoms with Gasteiger partial charge in [0.25, 0.3) is 11.5 Å². The molecule has 9 heteroatoms. The number of carbonyl (C=O) groups excluding carboxylic acids is 1. The Morgan fingerprint density at radius 3 is 2.44 bits per heavy atom. The molecule has 1 unspecified atom stereocenters. The van der Waals surface area contributed by atoms with E-state index in [-0.39, 0.29) is 28.9 Å². The highest BCUT2D eigenvalue weighted by Crippen LogP contribution is 2.54. The zero-order valence-corrected chi connectivity index (χ0v) is 20.7. The van der Waals surface area contributed by atoms with Crippen LogP contribution in [0.5, 0.6) is 0 Å². The summed E-state index contributed by atoms with van der Waals surface area (Å²) in [6, 6.07) is 8.40. The monoisotopic (exact) mass is 483 g/mol. The molecular weight excluding hydrogens is 454 g/mol. The fourth-order valence-electron chi connectivity index (χ4n) is 5.23. The van der Waals surface area contributed by atoms with E-state index >= 15 is 0 Å². The highest BCUT2D eigenvalue weighted by atomic mass is 16.1. The fourth-order valence-corrected chi connectivity index (χ4v) is 5.23. The van der Waals surface area contributed by atoms with E-state index in [1.165, 1.54) is 12.8 Å². The van der Waals surface area contributed by atoms with Gasteiger partial charge in [-0.1, -0.05) is 24.3 Å². The average Bonchev–Trinajstić information content (AvgIpc) is 3.81. The van der Waals surface area contributed by atoms with Gasteiger partial charge in [0.05, 0.1) is 23.0 Å². The number of nitrogens with zero attached hydrogens (tertiary/aromatic N) is 6. The van der Waals surface area contributed by atoms with Crippen LogP contribution in [-0.4, -0.2) is 35.2 Å². The second-order valence-corrected chi connectivity index (χ2v) is 10.4. The maximum atomic E-state index is 13.2. The van der Waals surface area contributed by atoms with Gasteiger partial charge < -0.3 is 5.73 Å². The third kappa shape index (κ3) is 3.53. The van der Waals surface area contributed by atoms with Crippen LogP contribution in [0, 0.1) is 5.92 Å². The summed E-state index contributed by atoms with van der Waals surface area (Å²) < 4.78 is 3.61. The van der Waals surface area contributed by atoms with E-state index in [4.69, 9.17) is 10.8 Å². The molecule has 0 saturated heterocycles. The number of amides is 1. The molecule has 0 bridgehead atoms. The lowest BCUT2D eigenvalue weighted by molar-refractivity contribution is 0.0990. The summed E-state index contributed by atoms with van der Waals surface area (Å²) in [5.41, 5.74) is 9.32. The number of hydrogen-bond acceptors (Lipinski definition) is 6. The molecule has 2 aliphatic carbocycles. The number of aromatic nitrogens is 6. The Bertz CT molecular complexity index is 1540. The van der Waals surface area contributed by atoms with Crippen molar-refractivity contribution in [2.24, 2.45) is 11.7 Å². The molecule has 3 heterocycles. The normalized spacial score (nSPS) is 17.4. The van der Waals surface area contributed by atoms with Crippen molar-refractivity contribution in [1.82, 2.24) is 29.3 Å². The molecule has 0 aliphatic heterocycles. The highest BCUT2D eigenvalue weighted by molar-refractivity contribution is 5.91. The average molecular weight is 484 g/mol. The van der Waals surface area contributed by atoms with Crippen molar-refractivity contribution in [2.45, 2.75) is 64.0 Å². The Labute approximate surface area is 208 Å². The van der Waals surface area contributed by atoms with Crippen molar-refractivity contribution >= 4 is 16.9 Å². The Morgan fingerprint density at radius 2 is 1.83 bits per heavy atom. The topological polar surface area (TPSA) is 122 Å². The number of carbonyl (C=O) groups is 1. The lowest BCUT2D eigenvalue weighted by atomic mass is 9.90. The molecule has 36 heavy (non-hydrogen) atoms. The van der Waals surface area contributed by atoms with Gasteiger partial charge >= 0.3 is 0 Å². The third-order valence-corrected chi connectivity index (χ3v) is 7.71. The first-order chi connectivity index (χ1) is 17.3. The van der Waals surface area contributed by atoms with Gasteiger partial charge in [-0.05, 0) is 63.5 Å². The van der Waals surface area contributed by atoms with Crippen molar-refractivity contribution in [1.29, 1.82) is 0 Å². The summed E-state index contributed by atoms with van der Waals surface area (Å²) in [5, 5.41) is 5.78. The van der Waals surface area contributed by atoms with Crippen LogP contribution in [0.15, 0.2) is 47.8 Å². The van der Waals surface area contributed by atoms with Crippen LogP contribution < -0.4 is 11.3 Å². The molecule has 1 atom stereocenters. The fraction of sp³-hybridized carbons (Fsp3) is 0.407. The molecule has 4 aromatic rings. The molecule has 0 spiro atoms. The van der Waals surface area contributed by atoms with Gasteiger partial charge in [-0.2, -0.15) is 5.10 Å². The molecule has 2 aliphatic rings. The molecule has 2 fully saturated rings. The smallest absolute Gasteiger partial charge is 0.286 e. The first kappa shape index (κ1) is 22.6. The van der Waals surface area contributed by atoms with E-state index in [1.54, 1.807) is 23.3 Å². The number of fused-ring (bicyclic) bond motifs is 1. The highest BCUT2D eigenvalue weighted by Gasteiger charge is 2.49. The number of primary amides is 1. The minimum Gasteiger partial charge on any atom is -0.363 e. The van der Waals surface area contributed by atoms with Crippen LogP contribution in [0.3, 0.4) is 0 Å². The first-order valence-corrected chi connectivity index (χ1v) is 12.5. The summed E-state index contributed by atoms with van der Waals surface area (Å²) in [5.74, 6) is -0.101. The molecule has 1 amide bonds. The van der Waals surface area contributed by atoms with Gasteiger partial charge in [0.1, 0.15) is 0 Å². The number of rotatable bonds is 7. The van der Waals surface area contributed by atoms with Crippen LogP contribution >= 0.6 is 0 Å². The Balaban J connectivity index is 1.39. The van der Waals surface area contributed by atoms with Gasteiger partial charge in [-0.15, -0.1) is 0 Å². The molecule has 2 saturated carbocycles. The van der Waals surface area contributed by atoms with E-state index in [0.29, 0.717) is 17.1 Å². The molecule has 1 aromatic carbocycles. The Hall–Kier alpha value is -3.88. The molecule has 3 aromatic heterocycles. The van der Waals surface area contributed by atoms with E-state index in [1.807, 2.05) is 30.7 Å². The number of nitrogens with two attached hydrogens (primary N) is 1. The van der Waals surface area contributed by atoms with Crippen LogP contribution in [-0.2, 0) is 5.41 Å². The first-order valence-electron chi connectivity index (χ1n) is 12.5. The quantitative estimate of drug-likeness (QED) is 0.427. The molecule has 184 valence electrons. The van der Waals surface area contributed by atoms with Crippen molar-refractivity contribution in [2.75, 3.05) is 0 Å².